The summed E-state index contributed by atoms with van der Waals surface area (Å²) in [7, 11) is 0. The van der Waals surface area contributed by atoms with Crippen LogP contribution in [0.25, 0.3) is 0 Å². The molecule has 0 fully saturated rings. The van der Waals surface area contributed by atoms with E-state index in [0.29, 0.717) is 35.8 Å². The van der Waals surface area contributed by atoms with Crippen molar-refractivity contribution in [2.45, 2.75) is 0 Å². The molecular weight excluding hydrogens is 326 g/mol. The first-order valence-corrected chi connectivity index (χ1v) is 7.67. The number of carbonyl (C=O) groups excluding carboxylic acids is 3. The van der Waals surface area contributed by atoms with E-state index in [1.807, 2.05) is 0 Å². The molecule has 0 N–H and O–H groups in total. The number of nitrogens with zero attached hydrogens (tertiary/aromatic N) is 1. The Kier molecular flexibility index (Phi) is 3.61. The van der Waals surface area contributed by atoms with E-state index in [9.17, 15) is 14.4 Å². The number of carbonyl (C=O) groups is 3. The minimum Gasteiger partial charge on any atom is -0.486 e. The van der Waals surface area contributed by atoms with Gasteiger partial charge in [0, 0.05) is 0 Å². The van der Waals surface area contributed by atoms with Crippen LogP contribution in [0.3, 0.4) is 0 Å². The molecule has 25 heavy (non-hydrogen) atoms. The number of benzene rings is 2. The zero-order valence-corrected chi connectivity index (χ0v) is 13.1. The Morgan fingerprint density at radius 3 is 2.28 bits per heavy atom. The normalized spacial score (nSPS) is 15.1. The quantitative estimate of drug-likeness (QED) is 0.627. The van der Waals surface area contributed by atoms with Gasteiger partial charge in [-0.1, -0.05) is 12.1 Å². The number of fused-ring (bicyclic) bond motifs is 2. The molecule has 7 nitrogen and oxygen atoms in total. The van der Waals surface area contributed by atoms with Crippen LogP contribution in [-0.4, -0.2) is 42.6 Å². The predicted octanol–water partition coefficient (Wildman–Crippen LogP) is 1.87. The van der Waals surface area contributed by atoms with Crippen molar-refractivity contribution in [3.63, 3.8) is 0 Å². The summed E-state index contributed by atoms with van der Waals surface area (Å²) in [4.78, 5) is 37.6. The van der Waals surface area contributed by atoms with Crippen molar-refractivity contribution >= 4 is 17.8 Å². The fourth-order valence-corrected chi connectivity index (χ4v) is 2.73. The zero-order valence-electron chi connectivity index (χ0n) is 13.1. The van der Waals surface area contributed by atoms with E-state index in [4.69, 9.17) is 14.2 Å². The number of hydrogen-bond donors (Lipinski definition) is 0. The van der Waals surface area contributed by atoms with Crippen LogP contribution in [0.2, 0.25) is 0 Å². The molecular formula is C18H13NO6. The lowest BCUT2D eigenvalue weighted by Gasteiger charge is -2.19. The van der Waals surface area contributed by atoms with Crippen molar-refractivity contribution in [1.29, 1.82) is 0 Å². The van der Waals surface area contributed by atoms with Gasteiger partial charge >= 0.3 is 5.97 Å². The van der Waals surface area contributed by atoms with Gasteiger partial charge in [-0.15, -0.1) is 0 Å². The van der Waals surface area contributed by atoms with Gasteiger partial charge in [0.2, 0.25) is 0 Å². The molecule has 0 bridgehead atoms. The molecule has 0 radical (unpaired) electrons. The first-order valence-electron chi connectivity index (χ1n) is 7.67. The van der Waals surface area contributed by atoms with E-state index >= 15 is 0 Å². The highest BCUT2D eigenvalue weighted by Crippen LogP contribution is 2.31. The summed E-state index contributed by atoms with van der Waals surface area (Å²) in [5.41, 5.74) is 0.867. The second-order valence-electron chi connectivity index (χ2n) is 5.50. The molecule has 2 heterocycles. The summed E-state index contributed by atoms with van der Waals surface area (Å²) in [6.07, 6.45) is 0. The van der Waals surface area contributed by atoms with Gasteiger partial charge in [0.25, 0.3) is 11.8 Å². The smallest absolute Gasteiger partial charge is 0.340 e. The number of esters is 1. The van der Waals surface area contributed by atoms with Gasteiger partial charge in [0.15, 0.2) is 18.2 Å². The van der Waals surface area contributed by atoms with E-state index in [1.54, 1.807) is 30.3 Å². The largest absolute Gasteiger partial charge is 0.486 e. The van der Waals surface area contributed by atoms with Gasteiger partial charge in [-0.2, -0.15) is 0 Å². The molecule has 126 valence electrons. The number of imide groups is 1. The lowest BCUT2D eigenvalue weighted by Crippen LogP contribution is -2.33. The Labute approximate surface area is 142 Å². The molecule has 0 saturated carbocycles. The summed E-state index contributed by atoms with van der Waals surface area (Å²) in [5, 5.41) is 0. The minimum atomic E-state index is -0.659. The lowest BCUT2D eigenvalue weighted by atomic mass is 10.1. The van der Waals surface area contributed by atoms with Crippen molar-refractivity contribution < 1.29 is 28.6 Å². The molecule has 0 aliphatic carbocycles. The number of hydrogen-bond acceptors (Lipinski definition) is 6. The van der Waals surface area contributed by atoms with Crippen molar-refractivity contribution in [2.24, 2.45) is 0 Å². The van der Waals surface area contributed by atoms with Crippen molar-refractivity contribution in [3.05, 3.63) is 59.2 Å². The molecule has 0 unspecified atom stereocenters. The first-order chi connectivity index (χ1) is 12.1. The predicted molar refractivity (Wildman–Crippen MR) is 84.7 cm³/mol. The van der Waals surface area contributed by atoms with E-state index in [-0.39, 0.29) is 5.56 Å². The summed E-state index contributed by atoms with van der Waals surface area (Å²) in [6.45, 7) is 0.413. The van der Waals surface area contributed by atoms with E-state index < -0.39 is 24.5 Å². The van der Waals surface area contributed by atoms with Crippen LogP contribution in [0.5, 0.6) is 11.5 Å². The maximum atomic E-state index is 12.2. The third-order valence-corrected chi connectivity index (χ3v) is 3.98. The number of amides is 2. The summed E-state index contributed by atoms with van der Waals surface area (Å²) < 4.78 is 15.9. The topological polar surface area (TPSA) is 82.1 Å². The van der Waals surface area contributed by atoms with Crippen molar-refractivity contribution in [2.75, 3.05) is 19.9 Å². The van der Waals surface area contributed by atoms with Gasteiger partial charge < -0.3 is 14.2 Å². The molecule has 2 aliphatic rings. The standard InChI is InChI=1S/C18H13NO6/c20-16-12-3-1-2-4-13(12)17(21)19(16)10-25-18(22)11-5-6-14-15(9-11)24-8-7-23-14/h1-6,9H,7-8,10H2. The Bertz CT molecular complexity index is 856. The Balaban J connectivity index is 1.46. The van der Waals surface area contributed by atoms with E-state index in [2.05, 4.69) is 0 Å². The van der Waals surface area contributed by atoms with Crippen LogP contribution in [-0.2, 0) is 4.74 Å². The van der Waals surface area contributed by atoms with Crippen LogP contribution in [0.1, 0.15) is 31.1 Å². The highest BCUT2D eigenvalue weighted by Gasteiger charge is 2.35. The lowest BCUT2D eigenvalue weighted by molar-refractivity contribution is 0.0227. The van der Waals surface area contributed by atoms with Gasteiger partial charge in [0.05, 0.1) is 16.7 Å². The van der Waals surface area contributed by atoms with E-state index in [1.165, 1.54) is 12.1 Å². The molecule has 0 atom stereocenters. The summed E-state index contributed by atoms with van der Waals surface area (Å²) in [6, 6.07) is 11.2. The molecule has 4 rings (SSSR count). The Morgan fingerprint density at radius 1 is 0.960 bits per heavy atom. The second kappa shape index (κ2) is 5.94. The highest BCUT2D eigenvalue weighted by molar-refractivity contribution is 6.21. The first kappa shape index (κ1) is 15.2. The molecule has 0 aromatic heterocycles. The van der Waals surface area contributed by atoms with Crippen LogP contribution in [0, 0.1) is 0 Å². The van der Waals surface area contributed by atoms with E-state index in [0.717, 1.165) is 4.90 Å². The Morgan fingerprint density at radius 2 is 1.60 bits per heavy atom. The Hall–Kier alpha value is -3.35. The molecule has 7 heteroatoms. The number of rotatable bonds is 3. The molecule has 2 aromatic rings. The van der Waals surface area contributed by atoms with Crippen LogP contribution < -0.4 is 9.47 Å². The molecule has 2 amide bonds. The third-order valence-electron chi connectivity index (χ3n) is 3.98. The maximum absolute atomic E-state index is 12.2. The average molecular weight is 339 g/mol. The third kappa shape index (κ3) is 2.59. The fourth-order valence-electron chi connectivity index (χ4n) is 2.73. The number of ether oxygens (including phenoxy) is 3. The average Bonchev–Trinajstić information content (AvgIpc) is 2.90. The van der Waals surface area contributed by atoms with Crippen LogP contribution in [0.4, 0.5) is 0 Å². The van der Waals surface area contributed by atoms with Gasteiger partial charge in [-0.05, 0) is 30.3 Å². The molecule has 0 saturated heterocycles. The fraction of sp³-hybridized carbons (Fsp3) is 0.167. The second-order valence-corrected chi connectivity index (χ2v) is 5.50. The maximum Gasteiger partial charge on any atom is 0.340 e. The van der Waals surface area contributed by atoms with Crippen LogP contribution in [0.15, 0.2) is 42.5 Å². The van der Waals surface area contributed by atoms with Crippen LogP contribution >= 0.6 is 0 Å². The monoisotopic (exact) mass is 339 g/mol. The minimum absolute atomic E-state index is 0.251. The van der Waals surface area contributed by atoms with Gasteiger partial charge in [-0.25, -0.2) is 9.69 Å². The van der Waals surface area contributed by atoms with Gasteiger partial charge in [-0.3, -0.25) is 9.59 Å². The SMILES string of the molecule is O=C(OCN1C(=O)c2ccccc2C1=O)c1ccc2c(c1)OCCO2. The molecule has 2 aromatic carbocycles. The summed E-state index contributed by atoms with van der Waals surface area (Å²) >= 11 is 0. The summed E-state index contributed by atoms with van der Waals surface area (Å²) in [5.74, 6) is -0.593. The van der Waals surface area contributed by atoms with Crippen molar-refractivity contribution in [1.82, 2.24) is 4.90 Å². The van der Waals surface area contributed by atoms with Gasteiger partial charge in [0.1, 0.15) is 13.2 Å². The molecule has 2 aliphatic heterocycles. The zero-order chi connectivity index (χ0) is 17.4. The highest BCUT2D eigenvalue weighted by atomic mass is 16.6. The molecule has 0 spiro atoms. The van der Waals surface area contributed by atoms with Crippen molar-refractivity contribution in [3.8, 4) is 11.5 Å².